The smallest absolute Gasteiger partial charge is 0.108 e. The van der Waals surface area contributed by atoms with Crippen molar-refractivity contribution in [3.8, 4) is 0 Å². The van der Waals surface area contributed by atoms with Gasteiger partial charge in [-0.05, 0) is 23.6 Å². The Balaban J connectivity index is 1.41. The number of hydrogen-bond acceptors (Lipinski definition) is 4. The third kappa shape index (κ3) is 6.75. The lowest BCUT2D eigenvalue weighted by Gasteiger charge is -2.44. The molecule has 3 aromatic rings. The normalized spacial score (nSPS) is 25.1. The molecule has 1 heterocycles. The van der Waals surface area contributed by atoms with E-state index in [0.29, 0.717) is 26.4 Å². The average molecular weight is 447 g/mol. The van der Waals surface area contributed by atoms with Crippen LogP contribution in [-0.2, 0) is 38.8 Å². The van der Waals surface area contributed by atoms with E-state index < -0.39 is 0 Å². The predicted octanol–water partition coefficient (Wildman–Crippen LogP) is 5.80. The molecule has 4 heteroatoms. The summed E-state index contributed by atoms with van der Waals surface area (Å²) in [5.41, 5.74) is 3.46. The summed E-state index contributed by atoms with van der Waals surface area (Å²) in [6, 6.07) is 30.7. The number of rotatable bonds is 10. The van der Waals surface area contributed by atoms with Crippen LogP contribution in [0.1, 0.15) is 30.5 Å². The molecule has 1 saturated heterocycles. The van der Waals surface area contributed by atoms with Crippen LogP contribution < -0.4 is 0 Å². The Morgan fingerprint density at radius 3 is 1.58 bits per heavy atom. The standard InChI is InChI=1S/C29H34O4/c1-22-28(31-19-25-14-8-4-9-15-25)23(2)33-27(21-30-18-24-12-6-3-7-13-24)29(22)32-20-26-16-10-5-11-17-26/h3-17,22-23,27-29H,18-21H2,1-2H3/t22-,23+,27?,28?,29-/m1/s1. The summed E-state index contributed by atoms with van der Waals surface area (Å²) >= 11 is 0. The summed E-state index contributed by atoms with van der Waals surface area (Å²) < 4.78 is 25.3. The third-order valence-electron chi connectivity index (χ3n) is 6.22. The van der Waals surface area contributed by atoms with Crippen LogP contribution in [0.2, 0.25) is 0 Å². The first-order valence-corrected chi connectivity index (χ1v) is 11.8. The van der Waals surface area contributed by atoms with Gasteiger partial charge in [-0.2, -0.15) is 0 Å². The van der Waals surface area contributed by atoms with Crippen LogP contribution in [0.5, 0.6) is 0 Å². The van der Waals surface area contributed by atoms with Crippen molar-refractivity contribution in [2.45, 2.75) is 58.1 Å². The summed E-state index contributed by atoms with van der Waals surface area (Å²) in [4.78, 5) is 0. The Labute approximate surface area is 197 Å². The maximum Gasteiger partial charge on any atom is 0.108 e. The summed E-state index contributed by atoms with van der Waals surface area (Å²) in [7, 11) is 0. The molecule has 1 aliphatic heterocycles. The fraction of sp³-hybridized carbons (Fsp3) is 0.379. The zero-order chi connectivity index (χ0) is 22.9. The van der Waals surface area contributed by atoms with Crippen molar-refractivity contribution < 1.29 is 18.9 Å². The first-order valence-electron chi connectivity index (χ1n) is 11.8. The van der Waals surface area contributed by atoms with Crippen molar-refractivity contribution in [1.29, 1.82) is 0 Å². The number of benzene rings is 3. The molecule has 0 bridgehead atoms. The predicted molar refractivity (Wildman–Crippen MR) is 130 cm³/mol. The van der Waals surface area contributed by atoms with E-state index in [1.165, 1.54) is 0 Å². The van der Waals surface area contributed by atoms with Crippen molar-refractivity contribution in [2.24, 2.45) is 5.92 Å². The molecule has 1 fully saturated rings. The van der Waals surface area contributed by atoms with E-state index >= 15 is 0 Å². The van der Waals surface area contributed by atoms with Crippen LogP contribution in [0.4, 0.5) is 0 Å². The number of hydrogen-bond donors (Lipinski definition) is 0. The summed E-state index contributed by atoms with van der Waals surface area (Å²) in [6.45, 7) is 6.42. The zero-order valence-electron chi connectivity index (χ0n) is 19.5. The van der Waals surface area contributed by atoms with Gasteiger partial charge in [0, 0.05) is 5.92 Å². The Morgan fingerprint density at radius 2 is 1.06 bits per heavy atom. The highest BCUT2D eigenvalue weighted by molar-refractivity contribution is 5.15. The fourth-order valence-corrected chi connectivity index (χ4v) is 4.46. The van der Waals surface area contributed by atoms with Gasteiger partial charge in [-0.3, -0.25) is 0 Å². The Morgan fingerprint density at radius 1 is 0.606 bits per heavy atom. The molecule has 0 saturated carbocycles. The van der Waals surface area contributed by atoms with Crippen LogP contribution >= 0.6 is 0 Å². The lowest BCUT2D eigenvalue weighted by molar-refractivity contribution is -0.235. The minimum atomic E-state index is -0.154. The van der Waals surface area contributed by atoms with Crippen LogP contribution in [0.3, 0.4) is 0 Å². The molecule has 3 aromatic carbocycles. The molecule has 0 aromatic heterocycles. The molecule has 0 N–H and O–H groups in total. The second-order valence-electron chi connectivity index (χ2n) is 8.76. The molecule has 33 heavy (non-hydrogen) atoms. The van der Waals surface area contributed by atoms with Crippen LogP contribution in [-0.4, -0.2) is 31.0 Å². The van der Waals surface area contributed by atoms with E-state index in [4.69, 9.17) is 18.9 Å². The Bertz CT molecular complexity index is 930. The first kappa shape index (κ1) is 23.7. The summed E-state index contributed by atoms with van der Waals surface area (Å²) in [6.07, 6.45) is -0.390. The first-order chi connectivity index (χ1) is 16.2. The molecule has 0 radical (unpaired) electrons. The molecule has 4 rings (SSSR count). The maximum atomic E-state index is 6.44. The van der Waals surface area contributed by atoms with Crippen LogP contribution in [0, 0.1) is 5.92 Å². The molecule has 0 aliphatic carbocycles. The van der Waals surface area contributed by atoms with E-state index in [1.807, 2.05) is 54.6 Å². The lowest BCUT2D eigenvalue weighted by atomic mass is 9.87. The van der Waals surface area contributed by atoms with Crippen molar-refractivity contribution in [3.63, 3.8) is 0 Å². The zero-order valence-corrected chi connectivity index (χ0v) is 19.5. The van der Waals surface area contributed by atoms with E-state index in [2.05, 4.69) is 50.2 Å². The van der Waals surface area contributed by atoms with E-state index in [-0.39, 0.29) is 30.3 Å². The molecule has 1 aliphatic rings. The van der Waals surface area contributed by atoms with Gasteiger partial charge in [-0.15, -0.1) is 0 Å². The summed E-state index contributed by atoms with van der Waals surface area (Å²) in [5, 5.41) is 0. The highest BCUT2D eigenvalue weighted by Gasteiger charge is 2.43. The van der Waals surface area contributed by atoms with Crippen molar-refractivity contribution in [3.05, 3.63) is 108 Å². The summed E-state index contributed by atoms with van der Waals surface area (Å²) in [5.74, 6) is 0.159. The van der Waals surface area contributed by atoms with Gasteiger partial charge in [0.05, 0.1) is 44.7 Å². The minimum absolute atomic E-state index is 0.0504. The van der Waals surface area contributed by atoms with E-state index in [0.717, 1.165) is 16.7 Å². The van der Waals surface area contributed by atoms with Gasteiger partial charge < -0.3 is 18.9 Å². The molecule has 5 atom stereocenters. The monoisotopic (exact) mass is 446 g/mol. The Kier molecular flexibility index (Phi) is 8.67. The van der Waals surface area contributed by atoms with Crippen molar-refractivity contribution >= 4 is 0 Å². The molecule has 0 spiro atoms. The van der Waals surface area contributed by atoms with Gasteiger partial charge >= 0.3 is 0 Å². The fourth-order valence-electron chi connectivity index (χ4n) is 4.46. The van der Waals surface area contributed by atoms with E-state index in [1.54, 1.807) is 0 Å². The highest BCUT2D eigenvalue weighted by Crippen LogP contribution is 2.32. The van der Waals surface area contributed by atoms with Crippen LogP contribution in [0.25, 0.3) is 0 Å². The van der Waals surface area contributed by atoms with Gasteiger partial charge in [0.15, 0.2) is 0 Å². The maximum absolute atomic E-state index is 6.44. The molecule has 0 amide bonds. The molecular weight excluding hydrogens is 412 g/mol. The molecular formula is C29H34O4. The minimum Gasteiger partial charge on any atom is -0.374 e. The highest BCUT2D eigenvalue weighted by atomic mass is 16.6. The average Bonchev–Trinajstić information content (AvgIpc) is 2.85. The molecule has 4 nitrogen and oxygen atoms in total. The third-order valence-corrected chi connectivity index (χ3v) is 6.22. The second kappa shape index (κ2) is 12.1. The van der Waals surface area contributed by atoms with Crippen molar-refractivity contribution in [1.82, 2.24) is 0 Å². The van der Waals surface area contributed by atoms with Gasteiger partial charge in [-0.1, -0.05) is 97.9 Å². The van der Waals surface area contributed by atoms with Crippen LogP contribution in [0.15, 0.2) is 91.0 Å². The molecule has 174 valence electrons. The van der Waals surface area contributed by atoms with Gasteiger partial charge in [0.2, 0.25) is 0 Å². The Hall–Kier alpha value is -2.50. The van der Waals surface area contributed by atoms with Gasteiger partial charge in [0.1, 0.15) is 6.10 Å². The van der Waals surface area contributed by atoms with Gasteiger partial charge in [0.25, 0.3) is 0 Å². The SMILES string of the molecule is C[C@@H]1OC(COCc2ccccc2)[C@H](OCc2ccccc2)[C@H](C)C1OCc1ccccc1. The largest absolute Gasteiger partial charge is 0.374 e. The quantitative estimate of drug-likeness (QED) is 0.395. The van der Waals surface area contributed by atoms with Crippen molar-refractivity contribution in [2.75, 3.05) is 6.61 Å². The topological polar surface area (TPSA) is 36.9 Å². The van der Waals surface area contributed by atoms with Gasteiger partial charge in [-0.25, -0.2) is 0 Å². The molecule has 2 unspecified atom stereocenters. The van der Waals surface area contributed by atoms with E-state index in [9.17, 15) is 0 Å². The number of ether oxygens (including phenoxy) is 4. The lowest BCUT2D eigenvalue weighted by Crippen LogP contribution is -2.55. The second-order valence-corrected chi connectivity index (χ2v) is 8.76.